The number of aliphatic hydroxyl groups is 2. The second-order valence-corrected chi connectivity index (χ2v) is 9.87. The molecule has 3 unspecified atom stereocenters. The molecule has 4 fully saturated rings. The minimum atomic E-state index is -0.436. The van der Waals surface area contributed by atoms with Crippen LogP contribution < -0.4 is 5.32 Å². The van der Waals surface area contributed by atoms with Gasteiger partial charge in [0.2, 0.25) is 0 Å². The molecule has 5 atom stereocenters. The van der Waals surface area contributed by atoms with E-state index in [0.29, 0.717) is 28.8 Å². The Morgan fingerprint density at radius 3 is 2.75 bits per heavy atom. The Balaban J connectivity index is 1.42. The number of nitrogens with one attached hydrogen (secondary N) is 2. The van der Waals surface area contributed by atoms with Gasteiger partial charge in [-0.1, -0.05) is 11.3 Å². The highest BCUT2D eigenvalue weighted by Crippen LogP contribution is 2.56. The number of nitrogens with zero attached hydrogens (tertiary/aromatic N) is 3. The van der Waals surface area contributed by atoms with Crippen LogP contribution in [0.1, 0.15) is 37.1 Å². The third kappa shape index (κ3) is 2.51. The van der Waals surface area contributed by atoms with Crippen molar-refractivity contribution in [3.63, 3.8) is 0 Å². The van der Waals surface area contributed by atoms with Crippen molar-refractivity contribution in [3.8, 4) is 10.6 Å². The third-order valence-electron chi connectivity index (χ3n) is 6.97. The molecule has 7 rings (SSSR count). The second-order valence-electron chi connectivity index (χ2n) is 8.81. The third-order valence-corrected chi connectivity index (χ3v) is 7.91. The first-order chi connectivity index (χ1) is 13.6. The maximum Gasteiger partial charge on any atom is 0.151 e. The molecule has 4 saturated carbocycles. The van der Waals surface area contributed by atoms with Crippen molar-refractivity contribution in [2.24, 2.45) is 17.8 Å². The molecule has 3 aromatic heterocycles. The zero-order valence-electron chi connectivity index (χ0n) is 15.4. The normalized spacial score (nSPS) is 33.6. The van der Waals surface area contributed by atoms with E-state index in [2.05, 4.69) is 25.5 Å². The Labute approximate surface area is 166 Å². The maximum absolute atomic E-state index is 10.9. The highest BCUT2D eigenvalue weighted by Gasteiger charge is 2.54. The van der Waals surface area contributed by atoms with E-state index in [1.54, 1.807) is 0 Å². The first-order valence-corrected chi connectivity index (χ1v) is 10.8. The van der Waals surface area contributed by atoms with E-state index < -0.39 is 5.60 Å². The van der Waals surface area contributed by atoms with Gasteiger partial charge in [0.1, 0.15) is 10.7 Å². The van der Waals surface area contributed by atoms with Gasteiger partial charge in [-0.25, -0.2) is 4.98 Å². The molecule has 3 heterocycles. The summed E-state index contributed by atoms with van der Waals surface area (Å²) in [5.74, 6) is 1.70. The van der Waals surface area contributed by atoms with E-state index in [0.717, 1.165) is 46.6 Å². The van der Waals surface area contributed by atoms with Gasteiger partial charge >= 0.3 is 0 Å². The van der Waals surface area contributed by atoms with Crippen molar-refractivity contribution >= 4 is 28.1 Å². The van der Waals surface area contributed by atoms with Gasteiger partial charge < -0.3 is 20.5 Å². The van der Waals surface area contributed by atoms with E-state index in [1.165, 1.54) is 24.2 Å². The fourth-order valence-electron chi connectivity index (χ4n) is 6.14. The molecular formula is C20H23N5O2S. The van der Waals surface area contributed by atoms with Crippen molar-refractivity contribution in [1.29, 1.82) is 0 Å². The minimum absolute atomic E-state index is 0.104. The lowest BCUT2D eigenvalue weighted by Crippen LogP contribution is -2.59. The van der Waals surface area contributed by atoms with Gasteiger partial charge in [-0.2, -0.15) is 0 Å². The molecule has 4 aliphatic rings. The number of fused-ring (bicyclic) bond motifs is 1. The van der Waals surface area contributed by atoms with Crippen molar-refractivity contribution < 1.29 is 10.2 Å². The molecule has 7 nitrogen and oxygen atoms in total. The lowest BCUT2D eigenvalue weighted by molar-refractivity contribution is -0.129. The molecule has 0 aromatic carbocycles. The van der Waals surface area contributed by atoms with Crippen LogP contribution in [0.2, 0.25) is 0 Å². The summed E-state index contributed by atoms with van der Waals surface area (Å²) in [6, 6.07) is 2.41. The summed E-state index contributed by atoms with van der Waals surface area (Å²) in [6.45, 7) is -0.104. The summed E-state index contributed by atoms with van der Waals surface area (Å²) in [7, 11) is 0. The monoisotopic (exact) mass is 397 g/mol. The van der Waals surface area contributed by atoms with Crippen molar-refractivity contribution in [2.45, 2.75) is 50.4 Å². The minimum Gasteiger partial charge on any atom is -0.390 e. The largest absolute Gasteiger partial charge is 0.390 e. The van der Waals surface area contributed by atoms with Crippen molar-refractivity contribution in [2.75, 3.05) is 5.32 Å². The zero-order valence-corrected chi connectivity index (χ0v) is 16.2. The lowest BCUT2D eigenvalue weighted by atomic mass is 9.52. The Hall–Kier alpha value is -2.03. The number of H-pyrrole nitrogens is 1. The summed E-state index contributed by atoms with van der Waals surface area (Å²) in [6.07, 6.45) is 8.97. The molecule has 4 bridgehead atoms. The smallest absolute Gasteiger partial charge is 0.151 e. The summed E-state index contributed by atoms with van der Waals surface area (Å²) >= 11 is 1.40. The summed E-state index contributed by atoms with van der Waals surface area (Å²) in [5.41, 5.74) is 2.38. The molecule has 146 valence electrons. The SMILES string of the molecule is OCc1nnc(-c2cnc3[nH]ccc3c2NC2[C@@H]3CC4C[C@H]2CC(O)(C4)C3)s1. The summed E-state index contributed by atoms with van der Waals surface area (Å²) < 4.78 is 0. The fourth-order valence-corrected chi connectivity index (χ4v) is 6.85. The van der Waals surface area contributed by atoms with Crippen LogP contribution in [-0.4, -0.2) is 42.0 Å². The predicted octanol–water partition coefficient (Wildman–Crippen LogP) is 2.93. The van der Waals surface area contributed by atoms with E-state index in [1.807, 2.05) is 18.5 Å². The van der Waals surface area contributed by atoms with Crippen LogP contribution >= 0.6 is 11.3 Å². The molecular weight excluding hydrogens is 374 g/mol. The number of anilines is 1. The second kappa shape index (κ2) is 5.98. The van der Waals surface area contributed by atoms with Gasteiger partial charge in [-0.15, -0.1) is 10.2 Å². The quantitative estimate of drug-likeness (QED) is 0.539. The van der Waals surface area contributed by atoms with Crippen molar-refractivity contribution in [1.82, 2.24) is 20.2 Å². The Bertz CT molecular complexity index is 1030. The van der Waals surface area contributed by atoms with Crippen LogP contribution in [0.25, 0.3) is 21.6 Å². The van der Waals surface area contributed by atoms with Gasteiger partial charge in [-0.05, 0) is 55.9 Å². The van der Waals surface area contributed by atoms with E-state index in [9.17, 15) is 10.2 Å². The number of hydrogen-bond acceptors (Lipinski definition) is 7. The summed E-state index contributed by atoms with van der Waals surface area (Å²) in [4.78, 5) is 7.75. The van der Waals surface area contributed by atoms with Crippen LogP contribution in [0.5, 0.6) is 0 Å². The number of aromatic amines is 1. The maximum atomic E-state index is 10.9. The number of rotatable bonds is 4. The van der Waals surface area contributed by atoms with Gasteiger partial charge in [-0.3, -0.25) is 0 Å². The first-order valence-electron chi connectivity index (χ1n) is 10.0. The predicted molar refractivity (Wildman–Crippen MR) is 107 cm³/mol. The van der Waals surface area contributed by atoms with Gasteiger partial charge in [0.15, 0.2) is 5.01 Å². The van der Waals surface area contributed by atoms with Crippen molar-refractivity contribution in [3.05, 3.63) is 23.5 Å². The summed E-state index contributed by atoms with van der Waals surface area (Å²) in [5, 5.41) is 34.9. The van der Waals surface area contributed by atoms with Gasteiger partial charge in [0.25, 0.3) is 0 Å². The molecule has 28 heavy (non-hydrogen) atoms. The molecule has 0 saturated heterocycles. The Morgan fingerprint density at radius 1 is 1.21 bits per heavy atom. The van der Waals surface area contributed by atoms with Crippen LogP contribution in [-0.2, 0) is 6.61 Å². The topological polar surface area (TPSA) is 107 Å². The number of pyridine rings is 1. The molecule has 3 aromatic rings. The van der Waals surface area contributed by atoms with E-state index >= 15 is 0 Å². The number of aromatic nitrogens is 4. The van der Waals surface area contributed by atoms with Gasteiger partial charge in [0.05, 0.1) is 23.5 Å². The first kappa shape index (κ1) is 16.9. The van der Waals surface area contributed by atoms with Crippen LogP contribution in [0.4, 0.5) is 5.69 Å². The number of aliphatic hydroxyl groups excluding tert-OH is 1. The average molecular weight is 398 g/mol. The standard InChI is InChI=1S/C20H23N5O2S/c26-9-15-24-25-19(28-15)14-8-22-18-13(1-2-21-18)17(14)23-16-11-3-10-4-12(16)7-20(27,5-10)6-11/h1-2,8,10-12,16,26-27H,3-7,9H2,(H2,21,22,23)/t10?,11-,12+,16?,20?. The van der Waals surface area contributed by atoms with E-state index in [4.69, 9.17) is 0 Å². The fraction of sp³-hybridized carbons (Fsp3) is 0.550. The van der Waals surface area contributed by atoms with E-state index in [-0.39, 0.29) is 6.61 Å². The number of hydrogen-bond donors (Lipinski definition) is 4. The van der Waals surface area contributed by atoms with Gasteiger partial charge in [0, 0.05) is 23.8 Å². The molecule has 4 aliphatic carbocycles. The molecule has 0 amide bonds. The molecule has 0 spiro atoms. The Kier molecular flexibility index (Phi) is 3.61. The lowest BCUT2D eigenvalue weighted by Gasteiger charge is -2.58. The highest BCUT2D eigenvalue weighted by molar-refractivity contribution is 7.14. The van der Waals surface area contributed by atoms with Crippen LogP contribution in [0.3, 0.4) is 0 Å². The average Bonchev–Trinajstić information content (AvgIpc) is 3.32. The molecule has 8 heteroatoms. The molecule has 4 N–H and O–H groups in total. The Morgan fingerprint density at radius 2 is 2.04 bits per heavy atom. The molecule has 0 aliphatic heterocycles. The van der Waals surface area contributed by atoms with Crippen LogP contribution in [0, 0.1) is 17.8 Å². The zero-order chi connectivity index (χ0) is 18.9. The van der Waals surface area contributed by atoms with Crippen LogP contribution in [0.15, 0.2) is 18.5 Å². The molecule has 0 radical (unpaired) electrons. The highest BCUT2D eigenvalue weighted by atomic mass is 32.1.